The van der Waals surface area contributed by atoms with Crippen molar-refractivity contribution in [2.45, 2.75) is 43.0 Å². The van der Waals surface area contributed by atoms with Crippen molar-refractivity contribution >= 4 is 17.4 Å². The zero-order valence-electron chi connectivity index (χ0n) is 11.2. The fourth-order valence-corrected chi connectivity index (χ4v) is 3.28. The highest BCUT2D eigenvalue weighted by Gasteiger charge is 2.31. The molecule has 5 heteroatoms. The first-order valence-corrected chi connectivity index (χ1v) is 7.44. The summed E-state index contributed by atoms with van der Waals surface area (Å²) in [6, 6.07) is 7.85. The molecule has 1 aliphatic heterocycles. The van der Waals surface area contributed by atoms with Gasteiger partial charge < -0.3 is 10.6 Å². The van der Waals surface area contributed by atoms with Crippen LogP contribution >= 0.6 is 11.8 Å². The first kappa shape index (κ1) is 14.6. The molecule has 0 aromatic heterocycles. The van der Waals surface area contributed by atoms with Crippen molar-refractivity contribution in [3.8, 4) is 0 Å². The standard InChI is InChI=1S/C14H20F2N2S/c1-9-10(2)18(8-7-11(9)17)12-5-3-4-6-13(12)19-14(15)16/h3-6,9-11,14H,7-8,17H2,1-2H3. The zero-order valence-corrected chi connectivity index (χ0v) is 12.0. The van der Waals surface area contributed by atoms with Crippen LogP contribution in [0, 0.1) is 5.92 Å². The molecule has 2 rings (SSSR count). The van der Waals surface area contributed by atoms with Gasteiger partial charge in [0.15, 0.2) is 0 Å². The number of para-hydroxylation sites is 1. The SMILES string of the molecule is CC1C(N)CCN(c2ccccc2SC(F)F)C1C. The molecule has 106 valence electrons. The summed E-state index contributed by atoms with van der Waals surface area (Å²) in [5, 5.41) is 0. The second-order valence-corrected chi connectivity index (χ2v) is 6.12. The minimum atomic E-state index is -2.39. The summed E-state index contributed by atoms with van der Waals surface area (Å²) in [4.78, 5) is 2.85. The molecule has 1 fully saturated rings. The van der Waals surface area contributed by atoms with Crippen LogP contribution in [0.3, 0.4) is 0 Å². The summed E-state index contributed by atoms with van der Waals surface area (Å²) < 4.78 is 25.3. The third-order valence-corrected chi connectivity index (χ3v) is 4.80. The number of halogens is 2. The van der Waals surface area contributed by atoms with Crippen LogP contribution in [0.2, 0.25) is 0 Å². The summed E-state index contributed by atoms with van der Waals surface area (Å²) in [7, 11) is 0. The lowest BCUT2D eigenvalue weighted by molar-refractivity contribution is 0.252. The lowest BCUT2D eigenvalue weighted by atomic mass is 9.87. The average Bonchev–Trinajstić information content (AvgIpc) is 2.37. The molecule has 0 saturated carbocycles. The lowest BCUT2D eigenvalue weighted by Crippen LogP contribution is -2.52. The minimum absolute atomic E-state index is 0.196. The number of rotatable bonds is 3. The number of nitrogens with zero attached hydrogens (tertiary/aromatic N) is 1. The van der Waals surface area contributed by atoms with Crippen LogP contribution in [0.15, 0.2) is 29.2 Å². The normalized spacial score (nSPS) is 27.9. The Labute approximate surface area is 117 Å². The van der Waals surface area contributed by atoms with Crippen LogP contribution in [-0.2, 0) is 0 Å². The number of alkyl halides is 2. The smallest absolute Gasteiger partial charge is 0.288 e. The largest absolute Gasteiger partial charge is 0.368 e. The Morgan fingerprint density at radius 1 is 1.32 bits per heavy atom. The molecule has 2 nitrogen and oxygen atoms in total. The molecule has 0 bridgehead atoms. The van der Waals surface area contributed by atoms with Gasteiger partial charge in [-0.15, -0.1) is 0 Å². The van der Waals surface area contributed by atoms with Crippen LogP contribution in [0.5, 0.6) is 0 Å². The highest BCUT2D eigenvalue weighted by atomic mass is 32.2. The Hall–Kier alpha value is -0.810. The highest BCUT2D eigenvalue weighted by Crippen LogP contribution is 2.37. The summed E-state index contributed by atoms with van der Waals surface area (Å²) in [6.07, 6.45) is 0.902. The van der Waals surface area contributed by atoms with Crippen molar-refractivity contribution in [2.75, 3.05) is 11.4 Å². The minimum Gasteiger partial charge on any atom is -0.368 e. The molecule has 0 aliphatic carbocycles. The fraction of sp³-hybridized carbons (Fsp3) is 0.571. The predicted octanol–water partition coefficient (Wildman–Crippen LogP) is 3.56. The van der Waals surface area contributed by atoms with Gasteiger partial charge in [-0.25, -0.2) is 0 Å². The van der Waals surface area contributed by atoms with Crippen LogP contribution < -0.4 is 10.6 Å². The van der Waals surface area contributed by atoms with Gasteiger partial charge in [-0.2, -0.15) is 8.78 Å². The number of piperidine rings is 1. The molecule has 1 aromatic carbocycles. The van der Waals surface area contributed by atoms with Crippen molar-refractivity contribution in [1.29, 1.82) is 0 Å². The van der Waals surface area contributed by atoms with E-state index in [4.69, 9.17) is 5.73 Å². The molecule has 3 atom stereocenters. The molecule has 3 unspecified atom stereocenters. The second kappa shape index (κ2) is 6.09. The Morgan fingerprint density at radius 3 is 2.68 bits per heavy atom. The summed E-state index contributed by atoms with van der Waals surface area (Å²) >= 11 is 0.617. The van der Waals surface area contributed by atoms with Gasteiger partial charge >= 0.3 is 0 Å². The van der Waals surface area contributed by atoms with E-state index in [1.54, 1.807) is 12.1 Å². The molecular formula is C14H20F2N2S. The van der Waals surface area contributed by atoms with Crippen LogP contribution in [-0.4, -0.2) is 24.4 Å². The summed E-state index contributed by atoms with van der Waals surface area (Å²) in [6.45, 7) is 5.07. The third-order valence-electron chi connectivity index (χ3n) is 4.02. The monoisotopic (exact) mass is 286 g/mol. The van der Waals surface area contributed by atoms with Gasteiger partial charge in [0.1, 0.15) is 0 Å². The van der Waals surface area contributed by atoms with Crippen molar-refractivity contribution < 1.29 is 8.78 Å². The molecule has 2 N–H and O–H groups in total. The first-order chi connectivity index (χ1) is 9.00. The van der Waals surface area contributed by atoms with Gasteiger partial charge in [-0.1, -0.05) is 30.8 Å². The van der Waals surface area contributed by atoms with Gasteiger partial charge in [0.2, 0.25) is 0 Å². The van der Waals surface area contributed by atoms with E-state index in [9.17, 15) is 8.78 Å². The van der Waals surface area contributed by atoms with Gasteiger partial charge in [-0.05, 0) is 31.4 Å². The molecule has 1 aromatic rings. The van der Waals surface area contributed by atoms with E-state index in [0.29, 0.717) is 22.6 Å². The van der Waals surface area contributed by atoms with E-state index in [1.807, 2.05) is 12.1 Å². The number of nitrogens with two attached hydrogens (primary N) is 1. The summed E-state index contributed by atoms with van der Waals surface area (Å²) in [5.74, 6) is -2.03. The number of thioether (sulfide) groups is 1. The van der Waals surface area contributed by atoms with Crippen LogP contribution in [0.25, 0.3) is 0 Å². The molecule has 1 saturated heterocycles. The molecule has 0 spiro atoms. The van der Waals surface area contributed by atoms with E-state index in [1.165, 1.54) is 0 Å². The van der Waals surface area contributed by atoms with Crippen molar-refractivity contribution in [2.24, 2.45) is 11.7 Å². The van der Waals surface area contributed by atoms with Gasteiger partial charge in [-0.3, -0.25) is 0 Å². The number of anilines is 1. The van der Waals surface area contributed by atoms with Crippen LogP contribution in [0.1, 0.15) is 20.3 Å². The Kier molecular flexibility index (Phi) is 4.68. The third kappa shape index (κ3) is 3.20. The number of hydrogen-bond donors (Lipinski definition) is 1. The highest BCUT2D eigenvalue weighted by molar-refractivity contribution is 7.99. The van der Waals surface area contributed by atoms with Crippen molar-refractivity contribution in [3.63, 3.8) is 0 Å². The molecular weight excluding hydrogens is 266 g/mol. The first-order valence-electron chi connectivity index (χ1n) is 6.56. The molecule has 19 heavy (non-hydrogen) atoms. The zero-order chi connectivity index (χ0) is 14.0. The predicted molar refractivity (Wildman–Crippen MR) is 76.9 cm³/mol. The number of benzene rings is 1. The Balaban J connectivity index is 2.26. The van der Waals surface area contributed by atoms with Gasteiger partial charge in [0.25, 0.3) is 5.76 Å². The van der Waals surface area contributed by atoms with Gasteiger partial charge in [0.05, 0.1) is 5.69 Å². The van der Waals surface area contributed by atoms with Crippen molar-refractivity contribution in [3.05, 3.63) is 24.3 Å². The molecule has 1 aliphatic rings. The van der Waals surface area contributed by atoms with E-state index in [0.717, 1.165) is 18.7 Å². The van der Waals surface area contributed by atoms with E-state index in [2.05, 4.69) is 18.7 Å². The Bertz CT molecular complexity index is 428. The Morgan fingerprint density at radius 2 is 2.00 bits per heavy atom. The number of hydrogen-bond acceptors (Lipinski definition) is 3. The maximum atomic E-state index is 12.6. The maximum absolute atomic E-state index is 12.6. The van der Waals surface area contributed by atoms with Gasteiger partial charge in [0, 0.05) is 23.5 Å². The lowest BCUT2D eigenvalue weighted by Gasteiger charge is -2.43. The maximum Gasteiger partial charge on any atom is 0.288 e. The van der Waals surface area contributed by atoms with E-state index >= 15 is 0 Å². The second-order valence-electron chi connectivity index (χ2n) is 5.09. The molecule has 0 radical (unpaired) electrons. The topological polar surface area (TPSA) is 29.3 Å². The van der Waals surface area contributed by atoms with E-state index in [-0.39, 0.29) is 12.1 Å². The fourth-order valence-electron chi connectivity index (χ4n) is 2.63. The average molecular weight is 286 g/mol. The molecule has 1 heterocycles. The van der Waals surface area contributed by atoms with Crippen molar-refractivity contribution in [1.82, 2.24) is 0 Å². The molecule has 0 amide bonds. The van der Waals surface area contributed by atoms with Crippen LogP contribution in [0.4, 0.5) is 14.5 Å². The quantitative estimate of drug-likeness (QED) is 0.861. The van der Waals surface area contributed by atoms with E-state index < -0.39 is 5.76 Å². The summed E-state index contributed by atoms with van der Waals surface area (Å²) in [5.41, 5.74) is 6.98.